The Morgan fingerprint density at radius 1 is 1.14 bits per heavy atom. The van der Waals surface area contributed by atoms with Crippen molar-refractivity contribution < 1.29 is 4.79 Å². The van der Waals surface area contributed by atoms with Crippen LogP contribution in [0.4, 0.5) is 0 Å². The molecule has 2 aliphatic heterocycles. The zero-order chi connectivity index (χ0) is 13.9. The largest absolute Gasteiger partial charge is 0.342 e. The second kappa shape index (κ2) is 7.80. The lowest BCUT2D eigenvalue weighted by Gasteiger charge is -2.36. The average Bonchev–Trinajstić information content (AvgIpc) is 2.95. The van der Waals surface area contributed by atoms with Crippen LogP contribution in [0.5, 0.6) is 0 Å². The van der Waals surface area contributed by atoms with Gasteiger partial charge in [0.05, 0.1) is 6.54 Å². The van der Waals surface area contributed by atoms with Crippen LogP contribution in [-0.4, -0.2) is 61.5 Å². The van der Waals surface area contributed by atoms with Crippen molar-refractivity contribution in [2.24, 2.45) is 11.8 Å². The number of hydrogen-bond donors (Lipinski definition) is 1. The minimum atomic E-state index is 0. The van der Waals surface area contributed by atoms with Crippen LogP contribution in [0.15, 0.2) is 0 Å². The Bertz CT molecular complexity index is 346. The molecule has 0 bridgehead atoms. The van der Waals surface area contributed by atoms with Gasteiger partial charge in [0.15, 0.2) is 0 Å². The molecule has 122 valence electrons. The number of rotatable bonds is 3. The number of likely N-dealkylation sites (N-methyl/N-ethyl adjacent to an activating group) is 1. The summed E-state index contributed by atoms with van der Waals surface area (Å²) in [6, 6.07) is 0.502. The molecule has 2 saturated heterocycles. The molecule has 0 aromatic carbocycles. The SMILES string of the molecule is CN(C(=O)CN1CCC2CNCC2C1)C1CCCCC1.Cl. The molecule has 0 spiro atoms. The van der Waals surface area contributed by atoms with E-state index in [1.54, 1.807) is 0 Å². The summed E-state index contributed by atoms with van der Waals surface area (Å²) in [4.78, 5) is 16.9. The molecule has 2 unspecified atom stereocenters. The lowest BCUT2D eigenvalue weighted by molar-refractivity contribution is -0.134. The van der Waals surface area contributed by atoms with Crippen molar-refractivity contribution in [2.45, 2.75) is 44.6 Å². The van der Waals surface area contributed by atoms with Crippen molar-refractivity contribution >= 4 is 18.3 Å². The van der Waals surface area contributed by atoms with Gasteiger partial charge < -0.3 is 10.2 Å². The number of carbonyl (C=O) groups excluding carboxylic acids is 1. The first-order valence-corrected chi connectivity index (χ1v) is 8.43. The van der Waals surface area contributed by atoms with Crippen LogP contribution in [0.1, 0.15) is 38.5 Å². The van der Waals surface area contributed by atoms with E-state index in [4.69, 9.17) is 0 Å². The number of amides is 1. The molecule has 21 heavy (non-hydrogen) atoms. The third-order valence-electron chi connectivity index (χ3n) is 5.66. The fourth-order valence-electron chi connectivity index (χ4n) is 4.23. The molecule has 3 fully saturated rings. The number of likely N-dealkylation sites (tertiary alicyclic amines) is 1. The zero-order valence-electron chi connectivity index (χ0n) is 13.2. The highest BCUT2D eigenvalue weighted by atomic mass is 35.5. The number of nitrogens with zero attached hydrogens (tertiary/aromatic N) is 2. The van der Waals surface area contributed by atoms with Crippen molar-refractivity contribution in [3.63, 3.8) is 0 Å². The molecule has 0 radical (unpaired) electrons. The molecule has 1 aliphatic carbocycles. The lowest BCUT2D eigenvalue weighted by Crippen LogP contribution is -2.48. The van der Waals surface area contributed by atoms with E-state index < -0.39 is 0 Å². The Labute approximate surface area is 135 Å². The van der Waals surface area contributed by atoms with Gasteiger partial charge in [0, 0.05) is 19.6 Å². The van der Waals surface area contributed by atoms with Gasteiger partial charge in [-0.15, -0.1) is 12.4 Å². The summed E-state index contributed by atoms with van der Waals surface area (Å²) in [6.45, 7) is 5.19. The lowest BCUT2D eigenvalue weighted by atomic mass is 9.88. The topological polar surface area (TPSA) is 35.6 Å². The Morgan fingerprint density at radius 2 is 1.86 bits per heavy atom. The highest BCUT2D eigenvalue weighted by molar-refractivity contribution is 5.85. The molecule has 5 heteroatoms. The number of piperidine rings is 1. The second-order valence-electron chi connectivity index (χ2n) is 7.00. The van der Waals surface area contributed by atoms with E-state index in [0.29, 0.717) is 18.5 Å². The standard InChI is InChI=1S/C16H29N3O.ClH/c1-18(15-5-3-2-4-6-15)16(20)12-19-8-7-13-9-17-10-14(13)11-19;/h13-15,17H,2-12H2,1H3;1H. The quantitative estimate of drug-likeness (QED) is 0.862. The maximum absolute atomic E-state index is 12.5. The van der Waals surface area contributed by atoms with Crippen LogP contribution in [0.3, 0.4) is 0 Å². The summed E-state index contributed by atoms with van der Waals surface area (Å²) < 4.78 is 0. The molecule has 0 aromatic heterocycles. The fraction of sp³-hybridized carbons (Fsp3) is 0.938. The van der Waals surface area contributed by atoms with Crippen molar-refractivity contribution in [1.29, 1.82) is 0 Å². The average molecular weight is 316 g/mol. The molecule has 1 N–H and O–H groups in total. The van der Waals surface area contributed by atoms with E-state index in [0.717, 1.165) is 31.5 Å². The minimum Gasteiger partial charge on any atom is -0.342 e. The Balaban J connectivity index is 0.00000161. The monoisotopic (exact) mass is 315 g/mol. The van der Waals surface area contributed by atoms with Crippen LogP contribution >= 0.6 is 12.4 Å². The highest BCUT2D eigenvalue weighted by Crippen LogP contribution is 2.27. The Morgan fingerprint density at radius 3 is 2.62 bits per heavy atom. The second-order valence-corrected chi connectivity index (χ2v) is 7.00. The van der Waals surface area contributed by atoms with Gasteiger partial charge in [-0.3, -0.25) is 9.69 Å². The molecule has 1 saturated carbocycles. The molecular formula is C16H30ClN3O. The van der Waals surface area contributed by atoms with Gasteiger partial charge >= 0.3 is 0 Å². The summed E-state index contributed by atoms with van der Waals surface area (Å²) in [6.07, 6.45) is 7.61. The van der Waals surface area contributed by atoms with Gasteiger partial charge in [-0.1, -0.05) is 19.3 Å². The first-order valence-electron chi connectivity index (χ1n) is 8.43. The Hall–Kier alpha value is -0.320. The molecule has 0 aromatic rings. The van der Waals surface area contributed by atoms with Gasteiger partial charge in [0.1, 0.15) is 0 Å². The minimum absolute atomic E-state index is 0. The summed E-state index contributed by atoms with van der Waals surface area (Å²) in [7, 11) is 2.02. The van der Waals surface area contributed by atoms with E-state index in [2.05, 4.69) is 10.2 Å². The van der Waals surface area contributed by atoms with E-state index in [-0.39, 0.29) is 12.4 Å². The predicted octanol–water partition coefficient (Wildman–Crippen LogP) is 1.74. The first-order chi connectivity index (χ1) is 9.74. The van der Waals surface area contributed by atoms with E-state index in [1.165, 1.54) is 45.1 Å². The third kappa shape index (κ3) is 4.11. The molecule has 2 atom stereocenters. The molecule has 2 heterocycles. The maximum atomic E-state index is 12.5. The number of halogens is 1. The van der Waals surface area contributed by atoms with Crippen molar-refractivity contribution in [3.8, 4) is 0 Å². The summed E-state index contributed by atoms with van der Waals surface area (Å²) in [5.74, 6) is 1.97. The van der Waals surface area contributed by atoms with Crippen LogP contribution in [-0.2, 0) is 4.79 Å². The van der Waals surface area contributed by atoms with Crippen LogP contribution in [0.25, 0.3) is 0 Å². The molecule has 3 rings (SSSR count). The zero-order valence-corrected chi connectivity index (χ0v) is 14.0. The summed E-state index contributed by atoms with van der Waals surface area (Å²) in [5.41, 5.74) is 0. The van der Waals surface area contributed by atoms with Crippen LogP contribution in [0.2, 0.25) is 0 Å². The normalized spacial score (nSPS) is 30.5. The van der Waals surface area contributed by atoms with Crippen molar-refractivity contribution in [3.05, 3.63) is 0 Å². The smallest absolute Gasteiger partial charge is 0.236 e. The van der Waals surface area contributed by atoms with Gasteiger partial charge in [-0.25, -0.2) is 0 Å². The molecule has 3 aliphatic rings. The Kier molecular flexibility index (Phi) is 6.33. The number of fused-ring (bicyclic) bond motifs is 1. The maximum Gasteiger partial charge on any atom is 0.236 e. The van der Waals surface area contributed by atoms with E-state index in [1.807, 2.05) is 11.9 Å². The molecular weight excluding hydrogens is 286 g/mol. The van der Waals surface area contributed by atoms with Crippen LogP contribution < -0.4 is 5.32 Å². The van der Waals surface area contributed by atoms with E-state index in [9.17, 15) is 4.79 Å². The third-order valence-corrected chi connectivity index (χ3v) is 5.66. The summed E-state index contributed by atoms with van der Waals surface area (Å²) in [5, 5.41) is 3.49. The first kappa shape index (κ1) is 17.0. The van der Waals surface area contributed by atoms with Gasteiger partial charge in [-0.2, -0.15) is 0 Å². The van der Waals surface area contributed by atoms with Crippen molar-refractivity contribution in [1.82, 2.24) is 15.1 Å². The van der Waals surface area contributed by atoms with Gasteiger partial charge in [0.2, 0.25) is 5.91 Å². The van der Waals surface area contributed by atoms with E-state index >= 15 is 0 Å². The number of carbonyl (C=O) groups is 1. The fourth-order valence-corrected chi connectivity index (χ4v) is 4.23. The molecule has 4 nitrogen and oxygen atoms in total. The number of hydrogen-bond acceptors (Lipinski definition) is 3. The van der Waals surface area contributed by atoms with Gasteiger partial charge in [-0.05, 0) is 50.7 Å². The summed E-state index contributed by atoms with van der Waals surface area (Å²) >= 11 is 0. The number of nitrogens with one attached hydrogen (secondary N) is 1. The van der Waals surface area contributed by atoms with Crippen molar-refractivity contribution in [2.75, 3.05) is 39.8 Å². The highest BCUT2D eigenvalue weighted by Gasteiger charge is 2.34. The van der Waals surface area contributed by atoms with Gasteiger partial charge in [0.25, 0.3) is 0 Å². The van der Waals surface area contributed by atoms with Crippen LogP contribution in [0, 0.1) is 11.8 Å². The predicted molar refractivity (Wildman–Crippen MR) is 87.8 cm³/mol. The molecule has 1 amide bonds.